The van der Waals surface area contributed by atoms with Crippen molar-refractivity contribution in [2.75, 3.05) is 12.4 Å². The van der Waals surface area contributed by atoms with Gasteiger partial charge in [0, 0.05) is 35.2 Å². The highest BCUT2D eigenvalue weighted by molar-refractivity contribution is 7.10. The van der Waals surface area contributed by atoms with Crippen molar-refractivity contribution in [2.45, 2.75) is 64.5 Å². The number of ketones is 1. The summed E-state index contributed by atoms with van der Waals surface area (Å²) in [6.45, 7) is 2.77. The van der Waals surface area contributed by atoms with Crippen LogP contribution in [0.15, 0.2) is 90.3 Å². The van der Waals surface area contributed by atoms with Gasteiger partial charge in [-0.05, 0) is 46.7 Å². The summed E-state index contributed by atoms with van der Waals surface area (Å²) in [6, 6.07) is 25.7. The van der Waals surface area contributed by atoms with E-state index in [1.165, 1.54) is 19.3 Å². The Bertz CT molecular complexity index is 1500. The fourth-order valence-corrected chi connectivity index (χ4v) is 6.03. The molecular weight excluding hydrogens is 556 g/mol. The molecule has 4 rings (SSSR count). The summed E-state index contributed by atoms with van der Waals surface area (Å²) in [5.41, 5.74) is 4.55. The molecule has 0 aliphatic heterocycles. The van der Waals surface area contributed by atoms with Crippen LogP contribution in [0.2, 0.25) is 0 Å². The largest absolute Gasteiger partial charge is 0.481 e. The molecule has 1 amide bonds. The Kier molecular flexibility index (Phi) is 11.7. The van der Waals surface area contributed by atoms with Crippen molar-refractivity contribution in [1.82, 2.24) is 4.90 Å². The lowest BCUT2D eigenvalue weighted by Crippen LogP contribution is -2.25. The summed E-state index contributed by atoms with van der Waals surface area (Å²) in [7, 11) is 1.86. The highest BCUT2D eigenvalue weighted by atomic mass is 32.1. The van der Waals surface area contributed by atoms with E-state index in [0.29, 0.717) is 29.8 Å². The molecule has 1 heterocycles. The number of carboxylic acid groups (broad SMARTS) is 1. The maximum Gasteiger partial charge on any atom is 0.305 e. The second-order valence-corrected chi connectivity index (χ2v) is 11.9. The number of thiophene rings is 1. The van der Waals surface area contributed by atoms with Crippen LogP contribution in [0.1, 0.15) is 84.3 Å². The molecule has 0 aliphatic rings. The molecule has 0 radical (unpaired) electrons. The summed E-state index contributed by atoms with van der Waals surface area (Å²) in [5.74, 6) is -0.879. The van der Waals surface area contributed by atoms with Crippen LogP contribution < -0.4 is 5.32 Å². The molecule has 0 bridgehead atoms. The SMILES string of the molecule is CCCCCCCC(=O)N(C)Cc1cc(-c2ccc([C@H](CC(=O)O)Nc3ccccc3C(=O)c3ccccc3)cc2)cs1. The quantitative estimate of drug-likeness (QED) is 0.0999. The van der Waals surface area contributed by atoms with E-state index in [1.807, 2.05) is 55.6 Å². The third-order valence-corrected chi connectivity index (χ3v) is 8.45. The maximum absolute atomic E-state index is 13.2. The van der Waals surface area contributed by atoms with E-state index in [9.17, 15) is 19.5 Å². The van der Waals surface area contributed by atoms with E-state index in [1.54, 1.807) is 46.6 Å². The van der Waals surface area contributed by atoms with E-state index in [4.69, 9.17) is 0 Å². The minimum atomic E-state index is -0.935. The second kappa shape index (κ2) is 15.8. The fraction of sp³-hybridized carbons (Fsp3) is 0.306. The highest BCUT2D eigenvalue weighted by Crippen LogP contribution is 2.31. The van der Waals surface area contributed by atoms with Gasteiger partial charge in [-0.2, -0.15) is 0 Å². The van der Waals surface area contributed by atoms with Gasteiger partial charge in [0.15, 0.2) is 5.78 Å². The number of nitrogens with zero attached hydrogens (tertiary/aromatic N) is 1. The molecule has 7 heteroatoms. The van der Waals surface area contributed by atoms with Crippen LogP contribution in [0.4, 0.5) is 5.69 Å². The minimum Gasteiger partial charge on any atom is -0.481 e. The zero-order valence-electron chi connectivity index (χ0n) is 24.9. The van der Waals surface area contributed by atoms with E-state index in [2.05, 4.69) is 23.7 Å². The van der Waals surface area contributed by atoms with Crippen LogP contribution in [0.3, 0.4) is 0 Å². The van der Waals surface area contributed by atoms with Crippen molar-refractivity contribution in [3.63, 3.8) is 0 Å². The fourth-order valence-electron chi connectivity index (χ4n) is 5.08. The Morgan fingerprint density at radius 2 is 1.56 bits per heavy atom. The van der Waals surface area contributed by atoms with Gasteiger partial charge in [-0.25, -0.2) is 0 Å². The molecule has 1 atom stereocenters. The number of carbonyl (C=O) groups is 3. The predicted octanol–water partition coefficient (Wildman–Crippen LogP) is 8.59. The Morgan fingerprint density at radius 3 is 2.28 bits per heavy atom. The molecule has 224 valence electrons. The average molecular weight is 597 g/mol. The number of anilines is 1. The molecular formula is C36H40N2O4S. The number of aliphatic carboxylic acids is 1. The Hall–Kier alpha value is -4.23. The number of amides is 1. The number of hydrogen-bond acceptors (Lipinski definition) is 5. The van der Waals surface area contributed by atoms with E-state index >= 15 is 0 Å². The Labute approximate surface area is 258 Å². The average Bonchev–Trinajstić information content (AvgIpc) is 3.49. The second-order valence-electron chi connectivity index (χ2n) is 10.9. The van der Waals surface area contributed by atoms with Crippen LogP contribution in [-0.4, -0.2) is 34.7 Å². The van der Waals surface area contributed by atoms with Crippen molar-refractivity contribution in [3.05, 3.63) is 112 Å². The smallest absolute Gasteiger partial charge is 0.305 e. The van der Waals surface area contributed by atoms with Crippen molar-refractivity contribution in [2.24, 2.45) is 0 Å². The number of benzene rings is 3. The van der Waals surface area contributed by atoms with E-state index < -0.39 is 12.0 Å². The number of carboxylic acids is 1. The molecule has 6 nitrogen and oxygen atoms in total. The number of para-hydroxylation sites is 1. The van der Waals surface area contributed by atoms with Crippen LogP contribution in [-0.2, 0) is 16.1 Å². The number of carbonyl (C=O) groups excluding carboxylic acids is 2. The van der Waals surface area contributed by atoms with E-state index in [-0.39, 0.29) is 18.1 Å². The number of nitrogens with one attached hydrogen (secondary N) is 1. The van der Waals surface area contributed by atoms with Gasteiger partial charge < -0.3 is 15.3 Å². The number of unbranched alkanes of at least 4 members (excludes halogenated alkanes) is 4. The first-order chi connectivity index (χ1) is 20.9. The molecule has 43 heavy (non-hydrogen) atoms. The van der Waals surface area contributed by atoms with Gasteiger partial charge in [-0.3, -0.25) is 14.4 Å². The number of rotatable bonds is 16. The van der Waals surface area contributed by atoms with Crippen LogP contribution in [0.5, 0.6) is 0 Å². The molecule has 2 N–H and O–H groups in total. The Balaban J connectivity index is 1.43. The predicted molar refractivity (Wildman–Crippen MR) is 175 cm³/mol. The molecule has 0 spiro atoms. The summed E-state index contributed by atoms with van der Waals surface area (Å²) in [5, 5.41) is 15.1. The van der Waals surface area contributed by atoms with Crippen LogP contribution >= 0.6 is 11.3 Å². The molecule has 1 aromatic heterocycles. The number of hydrogen-bond donors (Lipinski definition) is 2. The van der Waals surface area contributed by atoms with Crippen molar-refractivity contribution in [1.29, 1.82) is 0 Å². The first-order valence-corrected chi connectivity index (χ1v) is 15.8. The molecule has 3 aromatic carbocycles. The Morgan fingerprint density at radius 1 is 0.860 bits per heavy atom. The summed E-state index contributed by atoms with van der Waals surface area (Å²) < 4.78 is 0. The van der Waals surface area contributed by atoms with Gasteiger partial charge in [0.05, 0.1) is 19.0 Å². The van der Waals surface area contributed by atoms with Gasteiger partial charge in [0.25, 0.3) is 0 Å². The zero-order valence-corrected chi connectivity index (χ0v) is 25.7. The monoisotopic (exact) mass is 596 g/mol. The standard InChI is InChI=1S/C36H40N2O4S/c1-3-4-5-6-10-17-34(39)38(2)24-30-22-29(25-43-30)26-18-20-27(21-19-26)33(23-35(40)41)37-32-16-12-11-15-31(32)36(42)28-13-8-7-9-14-28/h7-9,11-16,18-22,25,33,37H,3-6,10,17,23-24H2,1-2H3,(H,40,41)/t33-/m0/s1. The first-order valence-electron chi connectivity index (χ1n) is 14.9. The summed E-state index contributed by atoms with van der Waals surface area (Å²) in [4.78, 5) is 40.5. The topological polar surface area (TPSA) is 86.7 Å². The molecule has 4 aromatic rings. The molecule has 0 saturated carbocycles. The normalized spacial score (nSPS) is 11.6. The maximum atomic E-state index is 13.2. The van der Waals surface area contributed by atoms with Gasteiger partial charge in [0.1, 0.15) is 0 Å². The minimum absolute atomic E-state index is 0.124. The van der Waals surface area contributed by atoms with Gasteiger partial charge in [-0.15, -0.1) is 11.3 Å². The van der Waals surface area contributed by atoms with Crippen molar-refractivity contribution < 1.29 is 19.5 Å². The van der Waals surface area contributed by atoms with Gasteiger partial charge in [-0.1, -0.05) is 99.3 Å². The highest BCUT2D eigenvalue weighted by Gasteiger charge is 2.20. The van der Waals surface area contributed by atoms with Gasteiger partial charge in [0.2, 0.25) is 5.91 Å². The molecule has 0 aliphatic carbocycles. The van der Waals surface area contributed by atoms with Gasteiger partial charge >= 0.3 is 5.97 Å². The zero-order chi connectivity index (χ0) is 30.6. The first kappa shape index (κ1) is 31.7. The third-order valence-electron chi connectivity index (χ3n) is 7.53. The molecule has 0 unspecified atom stereocenters. The third kappa shape index (κ3) is 9.13. The lowest BCUT2D eigenvalue weighted by Gasteiger charge is -2.21. The lowest BCUT2D eigenvalue weighted by molar-refractivity contribution is -0.137. The summed E-state index contributed by atoms with van der Waals surface area (Å²) in [6.07, 6.45) is 6.11. The van der Waals surface area contributed by atoms with E-state index in [0.717, 1.165) is 34.4 Å². The lowest BCUT2D eigenvalue weighted by atomic mass is 9.97. The van der Waals surface area contributed by atoms with Crippen molar-refractivity contribution in [3.8, 4) is 11.1 Å². The molecule has 0 fully saturated rings. The van der Waals surface area contributed by atoms with Crippen molar-refractivity contribution >= 4 is 34.7 Å². The van der Waals surface area contributed by atoms with Crippen LogP contribution in [0.25, 0.3) is 11.1 Å². The molecule has 0 saturated heterocycles. The van der Waals surface area contributed by atoms with Crippen LogP contribution in [0, 0.1) is 0 Å². The summed E-state index contributed by atoms with van der Waals surface area (Å²) >= 11 is 1.63.